The summed E-state index contributed by atoms with van der Waals surface area (Å²) >= 11 is 0. The zero-order chi connectivity index (χ0) is 10.2. The zero-order valence-electron chi connectivity index (χ0n) is 8.26. The number of hydrogen-bond donors (Lipinski definition) is 0. The predicted octanol–water partition coefficient (Wildman–Crippen LogP) is 2.36. The van der Waals surface area contributed by atoms with Gasteiger partial charge in [0.05, 0.1) is 5.25 Å². The van der Waals surface area contributed by atoms with Crippen molar-refractivity contribution < 1.29 is 12.3 Å². The first-order valence-corrected chi connectivity index (χ1v) is 5.45. The molecule has 12 heavy (non-hydrogen) atoms. The molecule has 0 bridgehead atoms. The Labute approximate surface area is 74.4 Å². The molecular formula is C8H17FO2S. The van der Waals surface area contributed by atoms with Crippen LogP contribution in [-0.2, 0) is 10.2 Å². The monoisotopic (exact) mass is 196 g/mol. The number of rotatable bonds is 2. The molecule has 0 aliphatic rings. The van der Waals surface area contributed by atoms with Gasteiger partial charge in [-0.2, -0.15) is 8.42 Å². The Balaban J connectivity index is 4.97. The van der Waals surface area contributed by atoms with Crippen molar-refractivity contribution in [3.63, 3.8) is 0 Å². The summed E-state index contributed by atoms with van der Waals surface area (Å²) in [5, 5.41) is -0.912. The minimum atomic E-state index is -4.42. The second kappa shape index (κ2) is 3.32. The minimum Gasteiger partial charge on any atom is -0.195 e. The standard InChI is InChI=1S/C8H17FO2S/c1-6(2)7(8(3,4)5)12(9,10)11/h6-7H,1-5H3. The topological polar surface area (TPSA) is 34.1 Å². The Morgan fingerprint density at radius 1 is 1.17 bits per heavy atom. The third-order valence-corrected chi connectivity index (χ3v) is 3.62. The van der Waals surface area contributed by atoms with Crippen LogP contribution in [0, 0.1) is 11.3 Å². The van der Waals surface area contributed by atoms with Crippen LogP contribution >= 0.6 is 0 Å². The molecule has 0 aliphatic carbocycles. The van der Waals surface area contributed by atoms with E-state index in [1.807, 2.05) is 0 Å². The molecule has 0 saturated heterocycles. The van der Waals surface area contributed by atoms with Crippen LogP contribution in [-0.4, -0.2) is 13.7 Å². The fourth-order valence-corrected chi connectivity index (χ4v) is 3.24. The maximum absolute atomic E-state index is 12.8. The van der Waals surface area contributed by atoms with Crippen LogP contribution in [0.5, 0.6) is 0 Å². The van der Waals surface area contributed by atoms with Crippen molar-refractivity contribution in [1.29, 1.82) is 0 Å². The smallest absolute Gasteiger partial charge is 0.195 e. The van der Waals surface area contributed by atoms with Gasteiger partial charge in [0, 0.05) is 0 Å². The summed E-state index contributed by atoms with van der Waals surface area (Å²) in [5.74, 6) is -0.194. The molecule has 0 aromatic rings. The van der Waals surface area contributed by atoms with E-state index < -0.39 is 20.9 Å². The average Bonchev–Trinajstić information content (AvgIpc) is 1.49. The normalized spacial score (nSPS) is 16.6. The highest BCUT2D eigenvalue weighted by Gasteiger charge is 2.38. The SMILES string of the molecule is CC(C)C(C(C)(C)C)S(=O)(=O)F. The lowest BCUT2D eigenvalue weighted by Gasteiger charge is -2.29. The third kappa shape index (κ3) is 3.09. The molecule has 0 heterocycles. The van der Waals surface area contributed by atoms with Gasteiger partial charge in [0.15, 0.2) is 0 Å². The van der Waals surface area contributed by atoms with Gasteiger partial charge < -0.3 is 0 Å². The van der Waals surface area contributed by atoms with E-state index in [0.29, 0.717) is 0 Å². The Bertz CT molecular complexity index is 236. The molecule has 0 N–H and O–H groups in total. The molecule has 0 spiro atoms. The summed E-state index contributed by atoms with van der Waals surface area (Å²) in [6.07, 6.45) is 0. The van der Waals surface area contributed by atoms with E-state index in [2.05, 4.69) is 0 Å². The second-order valence-corrected chi connectivity index (χ2v) is 5.97. The molecule has 0 radical (unpaired) electrons. The average molecular weight is 196 g/mol. The molecule has 1 atom stereocenters. The minimum absolute atomic E-state index is 0.194. The molecule has 0 amide bonds. The van der Waals surface area contributed by atoms with Crippen molar-refractivity contribution in [3.05, 3.63) is 0 Å². The van der Waals surface area contributed by atoms with Crippen LogP contribution in [0.3, 0.4) is 0 Å². The first kappa shape index (κ1) is 11.9. The van der Waals surface area contributed by atoms with E-state index in [1.165, 1.54) is 0 Å². The summed E-state index contributed by atoms with van der Waals surface area (Å²) < 4.78 is 34.3. The van der Waals surface area contributed by atoms with Crippen molar-refractivity contribution >= 4 is 10.2 Å². The van der Waals surface area contributed by atoms with E-state index in [9.17, 15) is 12.3 Å². The van der Waals surface area contributed by atoms with Gasteiger partial charge in [0.25, 0.3) is 0 Å². The fourth-order valence-electron chi connectivity index (χ4n) is 1.75. The quantitative estimate of drug-likeness (QED) is 0.635. The van der Waals surface area contributed by atoms with Crippen LogP contribution in [0.25, 0.3) is 0 Å². The highest BCUT2D eigenvalue weighted by atomic mass is 32.3. The van der Waals surface area contributed by atoms with Crippen molar-refractivity contribution in [2.45, 2.75) is 39.9 Å². The van der Waals surface area contributed by atoms with Gasteiger partial charge in [-0.25, -0.2) is 0 Å². The highest BCUT2D eigenvalue weighted by Crippen LogP contribution is 2.32. The first-order valence-electron chi connectivity index (χ1n) is 4.00. The summed E-state index contributed by atoms with van der Waals surface area (Å²) in [5.41, 5.74) is -0.540. The molecule has 0 fully saturated rings. The van der Waals surface area contributed by atoms with Gasteiger partial charge >= 0.3 is 10.2 Å². The number of hydrogen-bond acceptors (Lipinski definition) is 2. The Morgan fingerprint density at radius 3 is 1.50 bits per heavy atom. The van der Waals surface area contributed by atoms with Gasteiger partial charge in [-0.15, -0.1) is 3.89 Å². The van der Waals surface area contributed by atoms with Gasteiger partial charge in [-0.1, -0.05) is 34.6 Å². The van der Waals surface area contributed by atoms with Crippen molar-refractivity contribution in [1.82, 2.24) is 0 Å². The lowest BCUT2D eigenvalue weighted by Crippen LogP contribution is -2.36. The van der Waals surface area contributed by atoms with Crippen molar-refractivity contribution in [2.24, 2.45) is 11.3 Å². The highest BCUT2D eigenvalue weighted by molar-refractivity contribution is 7.87. The first-order chi connectivity index (χ1) is 5.07. The lowest BCUT2D eigenvalue weighted by atomic mass is 9.85. The van der Waals surface area contributed by atoms with Gasteiger partial charge in [0.1, 0.15) is 0 Å². The van der Waals surface area contributed by atoms with E-state index in [-0.39, 0.29) is 5.92 Å². The van der Waals surface area contributed by atoms with Crippen LogP contribution in [0.1, 0.15) is 34.6 Å². The molecule has 2 nitrogen and oxygen atoms in total. The van der Waals surface area contributed by atoms with E-state index in [4.69, 9.17) is 0 Å². The van der Waals surface area contributed by atoms with E-state index in [0.717, 1.165) is 0 Å². The summed E-state index contributed by atoms with van der Waals surface area (Å²) in [7, 11) is -4.42. The maximum Gasteiger partial charge on any atom is 0.306 e. The molecule has 4 heteroatoms. The molecular weight excluding hydrogens is 179 g/mol. The van der Waals surface area contributed by atoms with Gasteiger partial charge in [0.2, 0.25) is 0 Å². The predicted molar refractivity (Wildman–Crippen MR) is 48.1 cm³/mol. The van der Waals surface area contributed by atoms with Crippen molar-refractivity contribution in [2.75, 3.05) is 0 Å². The van der Waals surface area contributed by atoms with Crippen LogP contribution in [0.2, 0.25) is 0 Å². The van der Waals surface area contributed by atoms with Gasteiger partial charge in [-0.05, 0) is 11.3 Å². The van der Waals surface area contributed by atoms with Crippen molar-refractivity contribution in [3.8, 4) is 0 Å². The Hall–Kier alpha value is -0.120. The molecule has 74 valence electrons. The van der Waals surface area contributed by atoms with Crippen LogP contribution in [0.4, 0.5) is 3.89 Å². The number of halogens is 1. The second-order valence-electron chi connectivity index (χ2n) is 4.51. The Morgan fingerprint density at radius 2 is 1.50 bits per heavy atom. The molecule has 0 rings (SSSR count). The van der Waals surface area contributed by atoms with Crippen LogP contribution < -0.4 is 0 Å². The molecule has 0 aromatic heterocycles. The maximum atomic E-state index is 12.8. The summed E-state index contributed by atoms with van der Waals surface area (Å²) in [6.45, 7) is 8.62. The van der Waals surface area contributed by atoms with E-state index in [1.54, 1.807) is 34.6 Å². The molecule has 0 aliphatic heterocycles. The van der Waals surface area contributed by atoms with Gasteiger partial charge in [-0.3, -0.25) is 0 Å². The molecule has 0 saturated carbocycles. The lowest BCUT2D eigenvalue weighted by molar-refractivity contribution is 0.312. The zero-order valence-corrected chi connectivity index (χ0v) is 9.07. The summed E-state index contributed by atoms with van der Waals surface area (Å²) in [6, 6.07) is 0. The summed E-state index contributed by atoms with van der Waals surface area (Å²) in [4.78, 5) is 0. The van der Waals surface area contributed by atoms with Crippen LogP contribution in [0.15, 0.2) is 0 Å². The third-order valence-electron chi connectivity index (χ3n) is 1.76. The van der Waals surface area contributed by atoms with E-state index >= 15 is 0 Å². The largest absolute Gasteiger partial charge is 0.306 e. The molecule has 1 unspecified atom stereocenters. The Kier molecular flexibility index (Phi) is 3.29. The molecule has 0 aromatic carbocycles. The fraction of sp³-hybridized carbons (Fsp3) is 1.00.